The van der Waals surface area contributed by atoms with Crippen LogP contribution in [0.25, 0.3) is 6.08 Å². The van der Waals surface area contributed by atoms with E-state index in [0.717, 1.165) is 11.3 Å². The first-order valence-corrected chi connectivity index (χ1v) is 7.58. The Morgan fingerprint density at radius 3 is 2.74 bits per heavy atom. The summed E-state index contributed by atoms with van der Waals surface area (Å²) in [6.07, 6.45) is 2.31. The average molecular weight is 312 g/mol. The Bertz CT molecular complexity index is 748. The summed E-state index contributed by atoms with van der Waals surface area (Å²) in [5.41, 5.74) is 1.79. The first kappa shape index (κ1) is 15.3. The van der Waals surface area contributed by atoms with Crippen LogP contribution in [0.15, 0.2) is 48.0 Å². The molecule has 2 aromatic carbocycles. The number of benzene rings is 2. The molecule has 0 N–H and O–H groups in total. The van der Waals surface area contributed by atoms with Gasteiger partial charge in [-0.25, -0.2) is 4.39 Å². The first-order valence-electron chi connectivity index (χ1n) is 7.58. The van der Waals surface area contributed by atoms with Crippen LogP contribution < -0.4 is 9.47 Å². The van der Waals surface area contributed by atoms with Gasteiger partial charge in [-0.15, -0.1) is 0 Å². The third-order valence-corrected chi connectivity index (χ3v) is 3.64. The predicted octanol–water partition coefficient (Wildman–Crippen LogP) is 4.27. The molecule has 0 unspecified atom stereocenters. The van der Waals surface area contributed by atoms with Crippen LogP contribution in [0.1, 0.15) is 29.3 Å². The van der Waals surface area contributed by atoms with Gasteiger partial charge in [0, 0.05) is 12.0 Å². The highest BCUT2D eigenvalue weighted by Crippen LogP contribution is 2.28. The van der Waals surface area contributed by atoms with Crippen molar-refractivity contribution in [3.8, 4) is 11.5 Å². The van der Waals surface area contributed by atoms with Crippen LogP contribution in [0.3, 0.4) is 0 Å². The van der Waals surface area contributed by atoms with Gasteiger partial charge in [0.15, 0.2) is 5.78 Å². The van der Waals surface area contributed by atoms with Crippen molar-refractivity contribution in [1.29, 1.82) is 0 Å². The Balaban J connectivity index is 1.91. The smallest absolute Gasteiger partial charge is 0.192 e. The van der Waals surface area contributed by atoms with Crippen molar-refractivity contribution in [1.82, 2.24) is 0 Å². The molecular formula is C19H17FO3. The quantitative estimate of drug-likeness (QED) is 0.794. The second-order valence-electron chi connectivity index (χ2n) is 5.24. The van der Waals surface area contributed by atoms with Gasteiger partial charge in [-0.05, 0) is 48.9 Å². The van der Waals surface area contributed by atoms with Crippen molar-refractivity contribution in [2.24, 2.45) is 0 Å². The highest BCUT2D eigenvalue weighted by Gasteiger charge is 2.21. The zero-order valence-electron chi connectivity index (χ0n) is 12.8. The highest BCUT2D eigenvalue weighted by atomic mass is 19.1. The molecule has 0 saturated heterocycles. The highest BCUT2D eigenvalue weighted by molar-refractivity contribution is 6.13. The second-order valence-corrected chi connectivity index (χ2v) is 5.24. The maximum Gasteiger partial charge on any atom is 0.192 e. The lowest BCUT2D eigenvalue weighted by Crippen LogP contribution is -2.02. The fourth-order valence-corrected chi connectivity index (χ4v) is 2.53. The van der Waals surface area contributed by atoms with Crippen LogP contribution in [-0.4, -0.2) is 19.0 Å². The van der Waals surface area contributed by atoms with Crippen LogP contribution in [0.5, 0.6) is 11.5 Å². The van der Waals surface area contributed by atoms with Gasteiger partial charge in [0.05, 0.1) is 18.8 Å². The molecule has 0 bridgehead atoms. The topological polar surface area (TPSA) is 35.5 Å². The van der Waals surface area contributed by atoms with Crippen molar-refractivity contribution in [3.63, 3.8) is 0 Å². The van der Waals surface area contributed by atoms with Crippen LogP contribution in [0, 0.1) is 5.82 Å². The Morgan fingerprint density at radius 2 is 2.00 bits per heavy atom. The van der Waals surface area contributed by atoms with Crippen molar-refractivity contribution in [2.75, 3.05) is 13.2 Å². The normalized spacial score (nSPS) is 15.7. The van der Waals surface area contributed by atoms with E-state index in [1.54, 1.807) is 0 Å². The van der Waals surface area contributed by atoms with Crippen molar-refractivity contribution >= 4 is 11.9 Å². The minimum atomic E-state index is -0.442. The third-order valence-electron chi connectivity index (χ3n) is 3.64. The molecule has 0 spiro atoms. The minimum absolute atomic E-state index is 0.189. The molecule has 1 heterocycles. The molecule has 3 rings (SSSR count). The number of Topliss-reactive ketones (excluding diaryl/α,β-unsaturated/α-hetero) is 1. The molecule has 1 aliphatic heterocycles. The number of carbonyl (C=O) groups excluding carboxylic acids is 1. The monoisotopic (exact) mass is 312 g/mol. The van der Waals surface area contributed by atoms with E-state index in [9.17, 15) is 9.18 Å². The van der Waals surface area contributed by atoms with Gasteiger partial charge in [0.2, 0.25) is 0 Å². The lowest BCUT2D eigenvalue weighted by molar-refractivity contribution is 0.103. The van der Waals surface area contributed by atoms with Crippen molar-refractivity contribution < 1.29 is 18.7 Å². The van der Waals surface area contributed by atoms with E-state index in [-0.39, 0.29) is 11.3 Å². The van der Waals surface area contributed by atoms with E-state index in [2.05, 4.69) is 0 Å². The van der Waals surface area contributed by atoms with Crippen LogP contribution >= 0.6 is 0 Å². The fourth-order valence-electron chi connectivity index (χ4n) is 2.53. The zero-order valence-corrected chi connectivity index (χ0v) is 12.8. The molecule has 0 atom stereocenters. The van der Waals surface area contributed by atoms with Crippen LogP contribution in [0.2, 0.25) is 0 Å². The summed E-state index contributed by atoms with van der Waals surface area (Å²) in [5.74, 6) is 0.595. The van der Waals surface area contributed by atoms with E-state index in [1.165, 1.54) is 18.2 Å². The molecule has 0 aromatic heterocycles. The Kier molecular flexibility index (Phi) is 4.42. The first-order chi connectivity index (χ1) is 11.2. The molecule has 0 fully saturated rings. The molecule has 3 nitrogen and oxygen atoms in total. The molecule has 0 amide bonds. The number of carbonyl (C=O) groups is 1. The van der Waals surface area contributed by atoms with Gasteiger partial charge in [-0.3, -0.25) is 4.79 Å². The largest absolute Gasteiger partial charge is 0.494 e. The minimum Gasteiger partial charge on any atom is -0.494 e. The summed E-state index contributed by atoms with van der Waals surface area (Å²) in [6, 6.07) is 11.5. The second kappa shape index (κ2) is 6.65. The summed E-state index contributed by atoms with van der Waals surface area (Å²) >= 11 is 0. The molecule has 4 heteroatoms. The number of rotatable bonds is 3. The number of ketones is 1. The van der Waals surface area contributed by atoms with Gasteiger partial charge in [0.1, 0.15) is 17.3 Å². The number of ether oxygens (including phenoxy) is 2. The van der Waals surface area contributed by atoms with Crippen molar-refractivity contribution in [3.05, 3.63) is 65.0 Å². The summed E-state index contributed by atoms with van der Waals surface area (Å²) in [6.45, 7) is 2.93. The average Bonchev–Trinajstić information content (AvgIpc) is 2.70. The molecule has 0 aliphatic carbocycles. The maximum atomic E-state index is 13.4. The number of hydrogen-bond acceptors (Lipinski definition) is 3. The van der Waals surface area contributed by atoms with Gasteiger partial charge >= 0.3 is 0 Å². The molecule has 0 radical (unpaired) electrons. The van der Waals surface area contributed by atoms with Crippen molar-refractivity contribution in [2.45, 2.75) is 13.3 Å². The van der Waals surface area contributed by atoms with E-state index in [4.69, 9.17) is 9.47 Å². The fraction of sp³-hybridized carbons (Fsp3) is 0.211. The number of halogens is 1. The van der Waals surface area contributed by atoms with Gasteiger partial charge in [-0.2, -0.15) is 0 Å². The van der Waals surface area contributed by atoms with E-state index in [0.29, 0.717) is 31.0 Å². The zero-order chi connectivity index (χ0) is 16.2. The van der Waals surface area contributed by atoms with Gasteiger partial charge in [0.25, 0.3) is 0 Å². The number of hydrogen-bond donors (Lipinski definition) is 0. The van der Waals surface area contributed by atoms with E-state index in [1.807, 2.05) is 37.3 Å². The van der Waals surface area contributed by atoms with Gasteiger partial charge < -0.3 is 9.47 Å². The molecular weight excluding hydrogens is 295 g/mol. The number of fused-ring (bicyclic) bond motifs is 1. The molecule has 118 valence electrons. The van der Waals surface area contributed by atoms with E-state index < -0.39 is 5.82 Å². The Hall–Kier alpha value is -2.62. The van der Waals surface area contributed by atoms with E-state index >= 15 is 0 Å². The summed E-state index contributed by atoms with van der Waals surface area (Å²) in [7, 11) is 0. The van der Waals surface area contributed by atoms with Gasteiger partial charge in [-0.1, -0.05) is 12.1 Å². The Labute approximate surface area is 134 Å². The summed E-state index contributed by atoms with van der Waals surface area (Å²) < 4.78 is 24.4. The SMILES string of the molecule is CCOc1ccc(/C=C2\CCOc3ccc(F)cc3C2=O)cc1. The van der Waals surface area contributed by atoms with Crippen LogP contribution in [0.4, 0.5) is 4.39 Å². The molecule has 1 aliphatic rings. The molecule has 2 aromatic rings. The standard InChI is InChI=1S/C19H17FO3/c1-2-22-16-6-3-13(4-7-16)11-14-9-10-23-18-8-5-15(20)12-17(18)19(14)21/h3-8,11-12H,2,9-10H2,1H3/b14-11+. The molecule has 23 heavy (non-hydrogen) atoms. The third kappa shape index (κ3) is 3.42. The predicted molar refractivity (Wildman–Crippen MR) is 86.4 cm³/mol. The molecule has 0 saturated carbocycles. The summed E-state index contributed by atoms with van der Waals surface area (Å²) in [5, 5.41) is 0. The lowest BCUT2D eigenvalue weighted by atomic mass is 9.99. The maximum absolute atomic E-state index is 13.4. The Morgan fingerprint density at radius 1 is 1.22 bits per heavy atom. The summed E-state index contributed by atoms with van der Waals surface area (Å²) in [4.78, 5) is 12.6. The lowest BCUT2D eigenvalue weighted by Gasteiger charge is -2.05. The van der Waals surface area contributed by atoms with Crippen LogP contribution in [-0.2, 0) is 0 Å².